The molecule has 84 valence electrons. The van der Waals surface area contributed by atoms with Crippen LogP contribution in [0.3, 0.4) is 0 Å². The van der Waals surface area contributed by atoms with E-state index in [2.05, 4.69) is 24.1 Å². The molecule has 3 nitrogen and oxygen atoms in total. The highest BCUT2D eigenvalue weighted by atomic mass is 35.5. The first-order valence-corrected chi connectivity index (χ1v) is 5.36. The van der Waals surface area contributed by atoms with Gasteiger partial charge in [0.15, 0.2) is 0 Å². The second kappa shape index (κ2) is 5.56. The van der Waals surface area contributed by atoms with Crippen LogP contribution in [0.25, 0.3) is 0 Å². The highest BCUT2D eigenvalue weighted by molar-refractivity contribution is 6.19. The standard InChI is InChI=1S/C10H21ClN2O/c1-8(6-11)9(14)12-7-10(2,3)13(4)5/h8H,6-7H2,1-5H3,(H,12,14). The van der Waals surface area contributed by atoms with Gasteiger partial charge in [0.25, 0.3) is 0 Å². The van der Waals surface area contributed by atoms with Crippen molar-refractivity contribution in [3.05, 3.63) is 0 Å². The summed E-state index contributed by atoms with van der Waals surface area (Å²) < 4.78 is 0. The Morgan fingerprint density at radius 2 is 2.00 bits per heavy atom. The first kappa shape index (κ1) is 13.7. The van der Waals surface area contributed by atoms with Gasteiger partial charge < -0.3 is 10.2 Å². The van der Waals surface area contributed by atoms with E-state index in [1.165, 1.54) is 0 Å². The fourth-order valence-corrected chi connectivity index (χ4v) is 0.846. The van der Waals surface area contributed by atoms with E-state index in [4.69, 9.17) is 11.6 Å². The van der Waals surface area contributed by atoms with Crippen molar-refractivity contribution in [3.8, 4) is 0 Å². The molecular formula is C10H21ClN2O. The Kier molecular flexibility index (Phi) is 5.45. The number of rotatable bonds is 5. The summed E-state index contributed by atoms with van der Waals surface area (Å²) in [6.45, 7) is 6.63. The summed E-state index contributed by atoms with van der Waals surface area (Å²) in [5.41, 5.74) is -0.0261. The molecule has 1 atom stereocenters. The number of halogens is 1. The first-order valence-electron chi connectivity index (χ1n) is 4.82. The number of nitrogens with zero attached hydrogens (tertiary/aromatic N) is 1. The molecular weight excluding hydrogens is 200 g/mol. The lowest BCUT2D eigenvalue weighted by Crippen LogP contribution is -2.49. The zero-order valence-corrected chi connectivity index (χ0v) is 10.5. The van der Waals surface area contributed by atoms with Gasteiger partial charge in [-0.05, 0) is 27.9 Å². The molecule has 0 saturated carbocycles. The molecule has 1 N–H and O–H groups in total. The van der Waals surface area contributed by atoms with Crippen LogP contribution in [0.1, 0.15) is 20.8 Å². The third-order valence-corrected chi connectivity index (χ3v) is 3.05. The molecule has 0 aromatic carbocycles. The highest BCUT2D eigenvalue weighted by Gasteiger charge is 2.22. The van der Waals surface area contributed by atoms with Crippen LogP contribution in [0.15, 0.2) is 0 Å². The Morgan fingerprint density at radius 3 is 2.36 bits per heavy atom. The lowest BCUT2D eigenvalue weighted by atomic mass is 10.0. The lowest BCUT2D eigenvalue weighted by molar-refractivity contribution is -0.124. The molecule has 14 heavy (non-hydrogen) atoms. The van der Waals surface area contributed by atoms with E-state index < -0.39 is 0 Å². The van der Waals surface area contributed by atoms with Crippen LogP contribution in [-0.4, -0.2) is 42.9 Å². The van der Waals surface area contributed by atoms with Crippen molar-refractivity contribution >= 4 is 17.5 Å². The van der Waals surface area contributed by atoms with Crippen LogP contribution in [0.5, 0.6) is 0 Å². The van der Waals surface area contributed by atoms with Crippen LogP contribution in [-0.2, 0) is 4.79 Å². The van der Waals surface area contributed by atoms with Crippen LogP contribution in [0, 0.1) is 5.92 Å². The van der Waals surface area contributed by atoms with Gasteiger partial charge in [-0.25, -0.2) is 0 Å². The molecule has 0 spiro atoms. The number of alkyl halides is 1. The number of carbonyl (C=O) groups excluding carboxylic acids is 1. The number of hydrogen-bond acceptors (Lipinski definition) is 2. The normalized spacial score (nSPS) is 14.2. The average molecular weight is 221 g/mol. The van der Waals surface area contributed by atoms with Crippen LogP contribution in [0.2, 0.25) is 0 Å². The molecule has 0 aliphatic carbocycles. The van der Waals surface area contributed by atoms with Crippen LogP contribution >= 0.6 is 11.6 Å². The maximum Gasteiger partial charge on any atom is 0.224 e. The second-order valence-electron chi connectivity index (χ2n) is 4.48. The molecule has 0 fully saturated rings. The maximum absolute atomic E-state index is 11.4. The first-order chi connectivity index (χ1) is 6.31. The zero-order valence-electron chi connectivity index (χ0n) is 9.72. The quantitative estimate of drug-likeness (QED) is 0.709. The highest BCUT2D eigenvalue weighted by Crippen LogP contribution is 2.08. The second-order valence-corrected chi connectivity index (χ2v) is 4.79. The zero-order chi connectivity index (χ0) is 11.4. The lowest BCUT2D eigenvalue weighted by Gasteiger charge is -2.32. The summed E-state index contributed by atoms with van der Waals surface area (Å²) in [5, 5.41) is 2.89. The minimum Gasteiger partial charge on any atom is -0.354 e. The molecule has 0 aromatic heterocycles. The van der Waals surface area contributed by atoms with E-state index in [0.717, 1.165) is 0 Å². The summed E-state index contributed by atoms with van der Waals surface area (Å²) in [7, 11) is 3.99. The van der Waals surface area contributed by atoms with Crippen molar-refractivity contribution in [1.29, 1.82) is 0 Å². The summed E-state index contributed by atoms with van der Waals surface area (Å²) in [6, 6.07) is 0. The maximum atomic E-state index is 11.4. The van der Waals surface area contributed by atoms with E-state index in [1.54, 1.807) is 0 Å². The molecule has 0 radical (unpaired) electrons. The molecule has 0 aliphatic heterocycles. The smallest absolute Gasteiger partial charge is 0.224 e. The van der Waals surface area contributed by atoms with Gasteiger partial charge in [-0.3, -0.25) is 4.79 Å². The van der Waals surface area contributed by atoms with Gasteiger partial charge in [-0.1, -0.05) is 6.92 Å². The average Bonchev–Trinajstić information content (AvgIpc) is 2.12. The Labute approximate surface area is 91.8 Å². The Bertz CT molecular complexity index is 193. The molecule has 0 bridgehead atoms. The Balaban J connectivity index is 4.00. The van der Waals surface area contributed by atoms with Crippen molar-refractivity contribution in [2.24, 2.45) is 5.92 Å². The van der Waals surface area contributed by atoms with Gasteiger partial charge in [0.1, 0.15) is 0 Å². The number of hydrogen-bond donors (Lipinski definition) is 1. The van der Waals surface area contributed by atoms with Crippen LogP contribution in [0.4, 0.5) is 0 Å². The van der Waals surface area contributed by atoms with Crippen molar-refractivity contribution in [2.75, 3.05) is 26.5 Å². The third kappa shape index (κ3) is 4.29. The molecule has 0 aromatic rings. The SMILES string of the molecule is CC(CCl)C(=O)NCC(C)(C)N(C)C. The monoisotopic (exact) mass is 220 g/mol. The van der Waals surface area contributed by atoms with Crippen molar-refractivity contribution in [3.63, 3.8) is 0 Å². The van der Waals surface area contributed by atoms with E-state index in [-0.39, 0.29) is 17.4 Å². The predicted molar refractivity (Wildman–Crippen MR) is 60.7 cm³/mol. The van der Waals surface area contributed by atoms with Gasteiger partial charge in [0.2, 0.25) is 5.91 Å². The number of likely N-dealkylation sites (N-methyl/N-ethyl adjacent to an activating group) is 1. The van der Waals surface area contributed by atoms with E-state index in [1.807, 2.05) is 21.0 Å². The minimum atomic E-state index is -0.116. The fourth-order valence-electron chi connectivity index (χ4n) is 0.706. The predicted octanol–water partition coefficient (Wildman–Crippen LogP) is 1.32. The molecule has 1 unspecified atom stereocenters. The third-order valence-electron chi connectivity index (χ3n) is 2.58. The van der Waals surface area contributed by atoms with Crippen LogP contribution < -0.4 is 5.32 Å². The van der Waals surface area contributed by atoms with E-state index in [0.29, 0.717) is 12.4 Å². The summed E-state index contributed by atoms with van der Waals surface area (Å²) in [4.78, 5) is 13.5. The molecule has 0 heterocycles. The van der Waals surface area contributed by atoms with Gasteiger partial charge >= 0.3 is 0 Å². The molecule has 0 saturated heterocycles. The number of nitrogens with one attached hydrogen (secondary N) is 1. The minimum absolute atomic E-state index is 0.0231. The number of amides is 1. The Morgan fingerprint density at radius 1 is 1.50 bits per heavy atom. The molecule has 0 rings (SSSR count). The largest absolute Gasteiger partial charge is 0.354 e. The van der Waals surface area contributed by atoms with Crippen molar-refractivity contribution < 1.29 is 4.79 Å². The van der Waals surface area contributed by atoms with Gasteiger partial charge in [0, 0.05) is 23.9 Å². The summed E-state index contributed by atoms with van der Waals surface area (Å²) >= 11 is 5.59. The van der Waals surface area contributed by atoms with Gasteiger partial charge in [0.05, 0.1) is 0 Å². The summed E-state index contributed by atoms with van der Waals surface area (Å²) in [6.07, 6.45) is 0. The van der Waals surface area contributed by atoms with E-state index >= 15 is 0 Å². The van der Waals surface area contributed by atoms with Gasteiger partial charge in [-0.2, -0.15) is 0 Å². The Hall–Kier alpha value is -0.280. The molecule has 0 aliphatic rings. The van der Waals surface area contributed by atoms with E-state index in [9.17, 15) is 4.79 Å². The number of carbonyl (C=O) groups is 1. The topological polar surface area (TPSA) is 32.3 Å². The van der Waals surface area contributed by atoms with Crippen molar-refractivity contribution in [2.45, 2.75) is 26.3 Å². The van der Waals surface area contributed by atoms with Gasteiger partial charge in [-0.15, -0.1) is 11.6 Å². The summed E-state index contributed by atoms with van der Waals surface area (Å²) in [5.74, 6) is 0.276. The van der Waals surface area contributed by atoms with Crippen molar-refractivity contribution in [1.82, 2.24) is 10.2 Å². The molecule has 1 amide bonds. The fraction of sp³-hybridized carbons (Fsp3) is 0.900. The molecule has 4 heteroatoms.